The average Bonchev–Trinajstić information content (AvgIpc) is 3.52. The Hall–Kier alpha value is -2.12. The molecular formula is C21H18ClF3N2O4S3. The van der Waals surface area contributed by atoms with Gasteiger partial charge in [0.2, 0.25) is 5.91 Å². The van der Waals surface area contributed by atoms with Gasteiger partial charge in [0.15, 0.2) is 0 Å². The van der Waals surface area contributed by atoms with E-state index in [1.54, 1.807) is 12.1 Å². The standard InChI is InChI=1S/C21H18ClF3N2O4S3/c22-18-9-10-19(33-18)34(29,30)27-11-1-2-16(27)20(28)26-12-15-7-8-17(32-15)13-3-5-14(6-4-13)31-21(23,24)25/h3-10,16H,1-2,11-12H2,(H,26,28)/t16-/m0/s1. The lowest BCUT2D eigenvalue weighted by Gasteiger charge is -2.22. The van der Waals surface area contributed by atoms with Gasteiger partial charge in [-0.3, -0.25) is 4.79 Å². The van der Waals surface area contributed by atoms with E-state index < -0.39 is 22.4 Å². The van der Waals surface area contributed by atoms with Gasteiger partial charge in [-0.05, 0) is 66.9 Å². The van der Waals surface area contributed by atoms with E-state index in [-0.39, 0.29) is 29.0 Å². The van der Waals surface area contributed by atoms with Gasteiger partial charge in [-0.15, -0.1) is 35.8 Å². The predicted molar refractivity (Wildman–Crippen MR) is 125 cm³/mol. The van der Waals surface area contributed by atoms with Gasteiger partial charge >= 0.3 is 6.36 Å². The van der Waals surface area contributed by atoms with Crippen LogP contribution in [0.25, 0.3) is 10.4 Å². The molecule has 1 atom stereocenters. The first-order valence-corrected chi connectivity index (χ1v) is 13.5. The van der Waals surface area contributed by atoms with E-state index in [1.165, 1.54) is 52.0 Å². The van der Waals surface area contributed by atoms with Crippen molar-refractivity contribution in [3.05, 3.63) is 57.7 Å². The number of carbonyl (C=O) groups is 1. The number of halogens is 4. The highest BCUT2D eigenvalue weighted by Crippen LogP contribution is 2.33. The molecule has 2 aromatic heterocycles. The summed E-state index contributed by atoms with van der Waals surface area (Å²) in [6.07, 6.45) is -3.75. The third-order valence-corrected chi connectivity index (χ3v) is 9.83. The number of alkyl halides is 3. The Labute approximate surface area is 207 Å². The van der Waals surface area contributed by atoms with Crippen molar-refractivity contribution >= 4 is 50.2 Å². The molecule has 0 aliphatic carbocycles. The summed E-state index contributed by atoms with van der Waals surface area (Å²) in [6.45, 7) is 0.459. The number of amides is 1. The summed E-state index contributed by atoms with van der Waals surface area (Å²) < 4.78 is 68.3. The predicted octanol–water partition coefficient (Wildman–Crippen LogP) is 5.50. The number of nitrogens with one attached hydrogen (secondary N) is 1. The first kappa shape index (κ1) is 25.0. The van der Waals surface area contributed by atoms with Gasteiger partial charge in [-0.25, -0.2) is 8.42 Å². The topological polar surface area (TPSA) is 75.7 Å². The van der Waals surface area contributed by atoms with Gasteiger partial charge in [0.25, 0.3) is 10.0 Å². The Morgan fingerprint density at radius 1 is 1.12 bits per heavy atom. The second-order valence-electron chi connectivity index (χ2n) is 7.39. The van der Waals surface area contributed by atoms with Gasteiger partial charge in [0.1, 0.15) is 16.0 Å². The van der Waals surface area contributed by atoms with Crippen molar-refractivity contribution in [3.8, 4) is 16.2 Å². The fraction of sp³-hybridized carbons (Fsp3) is 0.286. The van der Waals surface area contributed by atoms with Crippen LogP contribution in [0.2, 0.25) is 4.34 Å². The zero-order valence-corrected chi connectivity index (χ0v) is 20.5. The third kappa shape index (κ3) is 5.74. The molecular weight excluding hydrogens is 533 g/mol. The molecule has 1 amide bonds. The Bertz CT molecular complexity index is 1270. The SMILES string of the molecule is O=C(NCc1ccc(-c2ccc(OC(F)(F)F)cc2)s1)[C@@H]1CCCN1S(=O)(=O)c1ccc(Cl)s1. The van der Waals surface area contributed by atoms with E-state index in [0.29, 0.717) is 22.7 Å². The second-order valence-corrected chi connectivity index (χ2v) is 12.4. The van der Waals surface area contributed by atoms with E-state index in [0.717, 1.165) is 21.1 Å². The number of hydrogen-bond donors (Lipinski definition) is 1. The molecule has 4 rings (SSSR count). The Kier molecular flexibility index (Phi) is 7.25. The molecule has 3 heterocycles. The maximum Gasteiger partial charge on any atom is 0.573 e. The van der Waals surface area contributed by atoms with Crippen LogP contribution in [0, 0.1) is 0 Å². The second kappa shape index (κ2) is 9.86. The van der Waals surface area contributed by atoms with Crippen molar-refractivity contribution in [2.24, 2.45) is 0 Å². The van der Waals surface area contributed by atoms with Crippen molar-refractivity contribution in [3.63, 3.8) is 0 Å². The minimum Gasteiger partial charge on any atom is -0.406 e. The zero-order valence-electron chi connectivity index (χ0n) is 17.3. The lowest BCUT2D eigenvalue weighted by molar-refractivity contribution is -0.274. The molecule has 0 unspecified atom stereocenters. The van der Waals surface area contributed by atoms with Gasteiger partial charge in [-0.1, -0.05) is 11.6 Å². The number of sulfonamides is 1. The van der Waals surface area contributed by atoms with Gasteiger partial charge in [0, 0.05) is 16.3 Å². The van der Waals surface area contributed by atoms with E-state index in [9.17, 15) is 26.4 Å². The number of ether oxygens (including phenoxy) is 1. The Morgan fingerprint density at radius 2 is 1.85 bits per heavy atom. The van der Waals surface area contributed by atoms with Crippen LogP contribution in [0.3, 0.4) is 0 Å². The average molecular weight is 551 g/mol. The summed E-state index contributed by atoms with van der Waals surface area (Å²) in [5, 5.41) is 2.80. The highest BCUT2D eigenvalue weighted by Gasteiger charge is 2.40. The number of rotatable bonds is 7. The first-order chi connectivity index (χ1) is 16.0. The monoisotopic (exact) mass is 550 g/mol. The molecule has 1 fully saturated rings. The number of benzene rings is 1. The van der Waals surface area contributed by atoms with Crippen LogP contribution in [0.1, 0.15) is 17.7 Å². The highest BCUT2D eigenvalue weighted by molar-refractivity contribution is 7.91. The van der Waals surface area contributed by atoms with Crippen molar-refractivity contribution in [2.75, 3.05) is 6.54 Å². The number of thiophene rings is 2. The maximum atomic E-state index is 12.9. The van der Waals surface area contributed by atoms with Crippen molar-refractivity contribution in [1.29, 1.82) is 0 Å². The lowest BCUT2D eigenvalue weighted by atomic mass is 10.2. The quantitative estimate of drug-likeness (QED) is 0.421. The van der Waals surface area contributed by atoms with Crippen LogP contribution in [0.5, 0.6) is 5.75 Å². The van der Waals surface area contributed by atoms with Crippen LogP contribution in [-0.2, 0) is 21.4 Å². The highest BCUT2D eigenvalue weighted by atomic mass is 35.5. The Morgan fingerprint density at radius 3 is 2.50 bits per heavy atom. The summed E-state index contributed by atoms with van der Waals surface area (Å²) in [4.78, 5) is 14.4. The van der Waals surface area contributed by atoms with Gasteiger partial charge in [-0.2, -0.15) is 4.31 Å². The fourth-order valence-corrected chi connectivity index (χ4v) is 7.80. The molecule has 0 saturated carbocycles. The summed E-state index contributed by atoms with van der Waals surface area (Å²) in [7, 11) is -3.81. The number of nitrogens with zero attached hydrogens (tertiary/aromatic N) is 1. The van der Waals surface area contributed by atoms with Gasteiger partial charge < -0.3 is 10.1 Å². The zero-order chi connectivity index (χ0) is 24.5. The molecule has 0 radical (unpaired) electrons. The van der Waals surface area contributed by atoms with E-state index in [1.807, 2.05) is 0 Å². The summed E-state index contributed by atoms with van der Waals surface area (Å²) in [6, 6.07) is 11.3. The lowest BCUT2D eigenvalue weighted by Crippen LogP contribution is -2.45. The third-order valence-electron chi connectivity index (χ3n) is 5.09. The molecule has 6 nitrogen and oxygen atoms in total. The van der Waals surface area contributed by atoms with Crippen molar-refractivity contribution in [1.82, 2.24) is 9.62 Å². The first-order valence-electron chi connectivity index (χ1n) is 10.0. The molecule has 1 aliphatic heterocycles. The van der Waals surface area contributed by atoms with Gasteiger partial charge in [0.05, 0.1) is 10.9 Å². The van der Waals surface area contributed by atoms with E-state index >= 15 is 0 Å². The maximum absolute atomic E-state index is 12.9. The summed E-state index contributed by atoms with van der Waals surface area (Å²) in [5.41, 5.74) is 0.708. The fourth-order valence-electron chi connectivity index (χ4n) is 3.58. The van der Waals surface area contributed by atoms with Crippen molar-refractivity contribution < 1.29 is 31.1 Å². The molecule has 1 N–H and O–H groups in total. The summed E-state index contributed by atoms with van der Waals surface area (Å²) in [5.74, 6) is -0.687. The molecule has 1 aliphatic rings. The van der Waals surface area contributed by atoms with E-state index in [2.05, 4.69) is 10.1 Å². The normalized spacial score (nSPS) is 17.1. The van der Waals surface area contributed by atoms with E-state index in [4.69, 9.17) is 11.6 Å². The molecule has 1 saturated heterocycles. The molecule has 34 heavy (non-hydrogen) atoms. The summed E-state index contributed by atoms with van der Waals surface area (Å²) >= 11 is 8.20. The minimum atomic E-state index is -4.75. The molecule has 0 bridgehead atoms. The van der Waals surface area contributed by atoms with Crippen LogP contribution in [0.15, 0.2) is 52.7 Å². The minimum absolute atomic E-state index is 0.103. The number of carbonyl (C=O) groups excluding carboxylic acids is 1. The molecule has 0 spiro atoms. The molecule has 13 heteroatoms. The van der Waals surface area contributed by atoms with Crippen LogP contribution in [-0.4, -0.2) is 37.6 Å². The number of hydrogen-bond acceptors (Lipinski definition) is 6. The van der Waals surface area contributed by atoms with Crippen LogP contribution in [0.4, 0.5) is 13.2 Å². The molecule has 3 aromatic rings. The van der Waals surface area contributed by atoms with Crippen molar-refractivity contribution in [2.45, 2.75) is 36.0 Å². The molecule has 1 aromatic carbocycles. The molecule has 182 valence electrons. The largest absolute Gasteiger partial charge is 0.573 e. The van der Waals surface area contributed by atoms with Crippen LogP contribution < -0.4 is 10.1 Å². The smallest absolute Gasteiger partial charge is 0.406 e. The Balaban J connectivity index is 1.38. The van der Waals surface area contributed by atoms with Crippen LogP contribution >= 0.6 is 34.3 Å².